The van der Waals surface area contributed by atoms with E-state index in [1.807, 2.05) is 36.5 Å². The second-order valence-electron chi connectivity index (χ2n) is 4.50. The Hall–Kier alpha value is -1.91. The Labute approximate surface area is 116 Å². The topological polar surface area (TPSA) is 54.7 Å². The molecule has 0 aliphatic heterocycles. The lowest BCUT2D eigenvalue weighted by Gasteiger charge is -2.08. The van der Waals surface area contributed by atoms with Gasteiger partial charge in [0.15, 0.2) is 0 Å². The monoisotopic (exact) mass is 269 g/mol. The van der Waals surface area contributed by atoms with Crippen molar-refractivity contribution in [1.82, 2.24) is 9.97 Å². The van der Waals surface area contributed by atoms with Gasteiger partial charge in [-0.2, -0.15) is 0 Å². The fourth-order valence-corrected chi connectivity index (χ4v) is 2.97. The number of aromatic nitrogens is 2. The molecule has 1 atom stereocenters. The quantitative estimate of drug-likeness (QED) is 0.764. The first kappa shape index (κ1) is 12.1. The van der Waals surface area contributed by atoms with Gasteiger partial charge in [0.25, 0.3) is 0 Å². The molecule has 0 amide bonds. The van der Waals surface area contributed by atoms with E-state index in [1.165, 1.54) is 10.4 Å². The summed E-state index contributed by atoms with van der Waals surface area (Å²) in [4.78, 5) is 8.97. The molecule has 1 aromatic carbocycles. The minimum Gasteiger partial charge on any atom is -0.340 e. The number of H-pyrrole nitrogens is 1. The molecule has 3 aromatic rings. The highest BCUT2D eigenvalue weighted by Crippen LogP contribution is 2.28. The summed E-state index contributed by atoms with van der Waals surface area (Å²) in [5.74, 6) is 0.800. The fraction of sp³-hybridized carbons (Fsp3) is 0.133. The molecule has 2 heterocycles. The predicted molar refractivity (Wildman–Crippen MR) is 79.1 cm³/mol. The van der Waals surface area contributed by atoms with Crippen molar-refractivity contribution in [2.24, 2.45) is 5.73 Å². The van der Waals surface area contributed by atoms with Gasteiger partial charge < -0.3 is 10.7 Å². The number of hydrogen-bond acceptors (Lipinski definition) is 3. The molecule has 3 nitrogen and oxygen atoms in total. The Balaban J connectivity index is 1.92. The highest BCUT2D eigenvalue weighted by atomic mass is 32.1. The van der Waals surface area contributed by atoms with Crippen molar-refractivity contribution in [1.29, 1.82) is 0 Å². The minimum atomic E-state index is -0.213. The van der Waals surface area contributed by atoms with Gasteiger partial charge in [-0.05, 0) is 29.5 Å². The third kappa shape index (κ3) is 2.32. The van der Waals surface area contributed by atoms with Crippen molar-refractivity contribution in [3.05, 3.63) is 64.9 Å². The van der Waals surface area contributed by atoms with Crippen LogP contribution in [0.3, 0.4) is 0 Å². The van der Waals surface area contributed by atoms with Crippen LogP contribution in [0, 0.1) is 6.92 Å². The van der Waals surface area contributed by atoms with Crippen LogP contribution in [0.2, 0.25) is 0 Å². The number of nitrogens with two attached hydrogens (primary N) is 1. The molecular weight excluding hydrogens is 254 g/mol. The van der Waals surface area contributed by atoms with E-state index in [1.54, 1.807) is 11.3 Å². The van der Waals surface area contributed by atoms with Crippen molar-refractivity contribution >= 4 is 11.3 Å². The smallest absolute Gasteiger partial charge is 0.128 e. The maximum absolute atomic E-state index is 6.23. The molecule has 0 saturated heterocycles. The molecular formula is C15H15N3S. The van der Waals surface area contributed by atoms with Crippen molar-refractivity contribution in [3.8, 4) is 10.6 Å². The van der Waals surface area contributed by atoms with Gasteiger partial charge in [-0.25, -0.2) is 4.98 Å². The van der Waals surface area contributed by atoms with Gasteiger partial charge in [0.1, 0.15) is 5.82 Å². The van der Waals surface area contributed by atoms with E-state index < -0.39 is 0 Å². The van der Waals surface area contributed by atoms with Crippen LogP contribution >= 0.6 is 11.3 Å². The molecule has 0 bridgehead atoms. The molecule has 0 aliphatic carbocycles. The van der Waals surface area contributed by atoms with Gasteiger partial charge >= 0.3 is 0 Å². The highest BCUT2D eigenvalue weighted by Gasteiger charge is 2.14. The number of benzene rings is 1. The number of imidazole rings is 1. The average Bonchev–Trinajstić information content (AvgIpc) is 3.07. The van der Waals surface area contributed by atoms with Crippen molar-refractivity contribution in [2.45, 2.75) is 13.0 Å². The Morgan fingerprint density at radius 1 is 1.21 bits per heavy atom. The largest absolute Gasteiger partial charge is 0.340 e. The molecule has 0 radical (unpaired) electrons. The molecule has 3 N–H and O–H groups in total. The summed E-state index contributed by atoms with van der Waals surface area (Å²) in [6, 6.07) is 11.9. The number of aromatic amines is 1. The third-order valence-electron chi connectivity index (χ3n) is 3.16. The van der Waals surface area contributed by atoms with Crippen LogP contribution in [0.25, 0.3) is 10.6 Å². The Bertz CT molecular complexity index is 670. The van der Waals surface area contributed by atoms with E-state index in [4.69, 9.17) is 5.73 Å². The Morgan fingerprint density at radius 3 is 2.68 bits per heavy atom. The molecule has 19 heavy (non-hydrogen) atoms. The summed E-state index contributed by atoms with van der Waals surface area (Å²) >= 11 is 1.71. The molecule has 2 aromatic heterocycles. The van der Waals surface area contributed by atoms with E-state index in [9.17, 15) is 0 Å². The van der Waals surface area contributed by atoms with Crippen LogP contribution in [-0.4, -0.2) is 9.97 Å². The highest BCUT2D eigenvalue weighted by molar-refractivity contribution is 7.13. The normalized spacial score (nSPS) is 12.5. The zero-order chi connectivity index (χ0) is 13.2. The van der Waals surface area contributed by atoms with Gasteiger partial charge in [-0.1, -0.05) is 30.3 Å². The van der Waals surface area contributed by atoms with E-state index >= 15 is 0 Å². The summed E-state index contributed by atoms with van der Waals surface area (Å²) in [5, 5.41) is 2.09. The van der Waals surface area contributed by atoms with Crippen LogP contribution in [0.5, 0.6) is 0 Å². The van der Waals surface area contributed by atoms with Crippen molar-refractivity contribution in [3.63, 3.8) is 0 Å². The zero-order valence-corrected chi connectivity index (χ0v) is 11.4. The summed E-state index contributed by atoms with van der Waals surface area (Å²) in [7, 11) is 0. The minimum absolute atomic E-state index is 0.213. The van der Waals surface area contributed by atoms with Crippen LogP contribution < -0.4 is 5.73 Å². The third-order valence-corrected chi connectivity index (χ3v) is 4.21. The number of aryl methyl sites for hydroxylation is 1. The maximum atomic E-state index is 6.23. The molecule has 0 spiro atoms. The van der Waals surface area contributed by atoms with Crippen LogP contribution in [-0.2, 0) is 0 Å². The lowest BCUT2D eigenvalue weighted by molar-refractivity contribution is 0.801. The Morgan fingerprint density at radius 2 is 2.00 bits per heavy atom. The number of nitrogens with one attached hydrogen (secondary N) is 1. The first-order valence-electron chi connectivity index (χ1n) is 6.15. The summed E-state index contributed by atoms with van der Waals surface area (Å²) in [5.41, 5.74) is 9.59. The lowest BCUT2D eigenvalue weighted by atomic mass is 10.1. The average molecular weight is 269 g/mol. The summed E-state index contributed by atoms with van der Waals surface area (Å²) < 4.78 is 0. The van der Waals surface area contributed by atoms with Gasteiger partial charge in [0.2, 0.25) is 0 Å². The lowest BCUT2D eigenvalue weighted by Crippen LogP contribution is -2.13. The number of hydrogen-bond donors (Lipinski definition) is 2. The molecule has 96 valence electrons. The van der Waals surface area contributed by atoms with Crippen LogP contribution in [0.4, 0.5) is 0 Å². The first-order chi connectivity index (χ1) is 9.25. The maximum Gasteiger partial charge on any atom is 0.128 e. The van der Waals surface area contributed by atoms with Gasteiger partial charge in [0.05, 0.1) is 22.8 Å². The second kappa shape index (κ2) is 4.99. The van der Waals surface area contributed by atoms with Gasteiger partial charge in [0, 0.05) is 0 Å². The van der Waals surface area contributed by atoms with Crippen molar-refractivity contribution in [2.75, 3.05) is 0 Å². The predicted octanol–water partition coefficient (Wildman–Crippen LogP) is 3.49. The molecule has 0 fully saturated rings. The summed E-state index contributed by atoms with van der Waals surface area (Å²) in [6.07, 6.45) is 1.86. The molecule has 3 rings (SSSR count). The van der Waals surface area contributed by atoms with Crippen LogP contribution in [0.1, 0.15) is 23.0 Å². The Kier molecular flexibility index (Phi) is 3.19. The molecule has 0 saturated carbocycles. The van der Waals surface area contributed by atoms with Crippen molar-refractivity contribution < 1.29 is 0 Å². The summed E-state index contributed by atoms with van der Waals surface area (Å²) in [6.45, 7) is 2.10. The first-order valence-corrected chi connectivity index (χ1v) is 7.03. The van der Waals surface area contributed by atoms with E-state index in [0.29, 0.717) is 0 Å². The van der Waals surface area contributed by atoms with Gasteiger partial charge in [-0.15, -0.1) is 11.3 Å². The number of nitrogens with zero attached hydrogens (tertiary/aromatic N) is 1. The van der Waals surface area contributed by atoms with E-state index in [2.05, 4.69) is 28.3 Å². The standard InChI is InChI=1S/C15H15N3S/c1-10-7-8-19-14(10)12-9-17-15(18-12)13(16)11-5-3-2-4-6-11/h2-9,13H,16H2,1H3,(H,17,18). The fourth-order valence-electron chi connectivity index (χ4n) is 2.08. The van der Waals surface area contributed by atoms with Gasteiger partial charge in [-0.3, -0.25) is 0 Å². The SMILES string of the molecule is Cc1ccsc1-c1cnc(C(N)c2ccccc2)[nH]1. The second-order valence-corrected chi connectivity index (χ2v) is 5.42. The zero-order valence-electron chi connectivity index (χ0n) is 10.6. The van der Waals surface area contributed by atoms with E-state index in [0.717, 1.165) is 17.1 Å². The number of rotatable bonds is 3. The number of thiophene rings is 1. The van der Waals surface area contributed by atoms with Crippen LogP contribution in [0.15, 0.2) is 48.0 Å². The molecule has 0 aliphatic rings. The molecule has 1 unspecified atom stereocenters. The van der Waals surface area contributed by atoms with E-state index in [-0.39, 0.29) is 6.04 Å². The molecule has 4 heteroatoms.